The van der Waals surface area contributed by atoms with E-state index in [1.54, 1.807) is 0 Å². The number of halogens is 2. The van der Waals surface area contributed by atoms with E-state index in [1.807, 2.05) is 0 Å². The van der Waals surface area contributed by atoms with Gasteiger partial charge in [-0.25, -0.2) is 8.78 Å². The predicted molar refractivity (Wildman–Crippen MR) is 45.1 cm³/mol. The van der Waals surface area contributed by atoms with Gasteiger partial charge in [0.25, 0.3) is 0 Å². The SMILES string of the molecule is O=C1COC(=O)C1c1cc(F)cc(F)c1. The van der Waals surface area contributed by atoms with Crippen LogP contribution in [0.2, 0.25) is 0 Å². The highest BCUT2D eigenvalue weighted by Gasteiger charge is 2.36. The van der Waals surface area contributed by atoms with Crippen molar-refractivity contribution in [3.63, 3.8) is 0 Å². The van der Waals surface area contributed by atoms with Crippen molar-refractivity contribution >= 4 is 11.8 Å². The number of esters is 1. The fraction of sp³-hybridized carbons (Fsp3) is 0.200. The number of cyclic esters (lactones) is 1. The third kappa shape index (κ3) is 1.72. The molecule has 1 aliphatic rings. The molecule has 1 atom stereocenters. The topological polar surface area (TPSA) is 43.4 Å². The maximum Gasteiger partial charge on any atom is 0.321 e. The largest absolute Gasteiger partial charge is 0.457 e. The summed E-state index contributed by atoms with van der Waals surface area (Å²) in [7, 11) is 0. The lowest BCUT2D eigenvalue weighted by atomic mass is 9.97. The van der Waals surface area contributed by atoms with E-state index in [4.69, 9.17) is 0 Å². The van der Waals surface area contributed by atoms with Crippen LogP contribution in [-0.2, 0) is 14.3 Å². The zero-order valence-corrected chi connectivity index (χ0v) is 7.50. The quantitative estimate of drug-likeness (QED) is 0.518. The lowest BCUT2D eigenvalue weighted by molar-refractivity contribution is -0.139. The van der Waals surface area contributed by atoms with Crippen LogP contribution in [0.1, 0.15) is 11.5 Å². The molecule has 1 unspecified atom stereocenters. The van der Waals surface area contributed by atoms with E-state index in [2.05, 4.69) is 4.74 Å². The smallest absolute Gasteiger partial charge is 0.321 e. The Hall–Kier alpha value is -1.78. The molecule has 3 nitrogen and oxygen atoms in total. The number of hydrogen-bond donors (Lipinski definition) is 0. The molecule has 1 aliphatic heterocycles. The summed E-state index contributed by atoms with van der Waals surface area (Å²) < 4.78 is 30.1. The second-order valence-corrected chi connectivity index (χ2v) is 3.21. The van der Waals surface area contributed by atoms with Crippen molar-refractivity contribution in [2.75, 3.05) is 6.61 Å². The first-order chi connectivity index (χ1) is 7.08. The fourth-order valence-corrected chi connectivity index (χ4v) is 1.50. The molecule has 1 aromatic rings. The van der Waals surface area contributed by atoms with Crippen LogP contribution in [0.15, 0.2) is 18.2 Å². The normalized spacial score (nSPS) is 20.5. The number of carbonyl (C=O) groups excluding carboxylic acids is 2. The van der Waals surface area contributed by atoms with E-state index in [0.29, 0.717) is 6.07 Å². The Morgan fingerprint density at radius 3 is 2.20 bits per heavy atom. The van der Waals surface area contributed by atoms with Crippen LogP contribution in [0.3, 0.4) is 0 Å². The molecule has 0 spiro atoms. The molecule has 1 saturated heterocycles. The van der Waals surface area contributed by atoms with Gasteiger partial charge in [-0.1, -0.05) is 0 Å². The van der Waals surface area contributed by atoms with E-state index in [0.717, 1.165) is 12.1 Å². The minimum absolute atomic E-state index is 0.000000000000000444. The van der Waals surface area contributed by atoms with Crippen molar-refractivity contribution in [3.05, 3.63) is 35.4 Å². The van der Waals surface area contributed by atoms with E-state index >= 15 is 0 Å². The summed E-state index contributed by atoms with van der Waals surface area (Å²) >= 11 is 0. The summed E-state index contributed by atoms with van der Waals surface area (Å²) in [6.07, 6.45) is 0. The molecule has 1 fully saturated rings. The third-order valence-corrected chi connectivity index (χ3v) is 2.13. The Morgan fingerprint density at radius 2 is 1.73 bits per heavy atom. The van der Waals surface area contributed by atoms with Crippen LogP contribution in [-0.4, -0.2) is 18.4 Å². The molecular formula is C10H6F2O3. The molecule has 0 aromatic heterocycles. The molecule has 0 N–H and O–H groups in total. The zero-order chi connectivity index (χ0) is 11.0. The maximum atomic E-state index is 12.8. The van der Waals surface area contributed by atoms with E-state index in [-0.39, 0.29) is 12.2 Å². The van der Waals surface area contributed by atoms with Crippen molar-refractivity contribution in [2.45, 2.75) is 5.92 Å². The molecule has 0 radical (unpaired) electrons. The van der Waals surface area contributed by atoms with Crippen molar-refractivity contribution in [3.8, 4) is 0 Å². The van der Waals surface area contributed by atoms with Gasteiger partial charge in [0, 0.05) is 6.07 Å². The summed E-state index contributed by atoms with van der Waals surface area (Å²) in [5, 5.41) is 0. The lowest BCUT2D eigenvalue weighted by Crippen LogP contribution is -2.13. The molecule has 15 heavy (non-hydrogen) atoms. The minimum Gasteiger partial charge on any atom is -0.457 e. The number of rotatable bonds is 1. The van der Waals surface area contributed by atoms with Gasteiger partial charge in [-0.05, 0) is 17.7 Å². The lowest BCUT2D eigenvalue weighted by Gasteiger charge is -2.04. The average molecular weight is 212 g/mol. The number of hydrogen-bond acceptors (Lipinski definition) is 3. The second kappa shape index (κ2) is 3.42. The van der Waals surface area contributed by atoms with Crippen LogP contribution >= 0.6 is 0 Å². The molecule has 2 rings (SSSR count). The monoisotopic (exact) mass is 212 g/mol. The van der Waals surface area contributed by atoms with E-state index < -0.39 is 29.3 Å². The number of carbonyl (C=O) groups is 2. The molecular weight excluding hydrogens is 206 g/mol. The van der Waals surface area contributed by atoms with Gasteiger partial charge in [-0.15, -0.1) is 0 Å². The molecule has 1 aromatic carbocycles. The molecule has 5 heteroatoms. The van der Waals surface area contributed by atoms with Crippen LogP contribution in [0.25, 0.3) is 0 Å². The molecule has 0 saturated carbocycles. The van der Waals surface area contributed by atoms with Crippen molar-refractivity contribution in [1.29, 1.82) is 0 Å². The number of Topliss-reactive ketones (excluding diaryl/α,β-unsaturated/α-hetero) is 1. The second-order valence-electron chi connectivity index (χ2n) is 3.21. The number of ether oxygens (including phenoxy) is 1. The molecule has 78 valence electrons. The van der Waals surface area contributed by atoms with Gasteiger partial charge in [0.1, 0.15) is 17.6 Å². The Labute approximate surface area is 83.7 Å². The van der Waals surface area contributed by atoms with Gasteiger partial charge >= 0.3 is 5.97 Å². The Kier molecular flexibility index (Phi) is 2.22. The Balaban J connectivity index is 2.44. The summed E-state index contributed by atoms with van der Waals surface area (Å²) in [5.74, 6) is -4.07. The first-order valence-corrected chi connectivity index (χ1v) is 4.23. The van der Waals surface area contributed by atoms with Crippen LogP contribution in [0, 0.1) is 11.6 Å². The molecule has 0 amide bonds. The number of ketones is 1. The summed E-state index contributed by atoms with van der Waals surface area (Å²) in [6.45, 7) is -0.332. The van der Waals surface area contributed by atoms with Gasteiger partial charge in [0.15, 0.2) is 12.4 Å². The highest BCUT2D eigenvalue weighted by atomic mass is 19.1. The molecule has 0 aliphatic carbocycles. The highest BCUT2D eigenvalue weighted by Crippen LogP contribution is 2.25. The summed E-state index contributed by atoms with van der Waals surface area (Å²) in [5.41, 5.74) is 0.000000000000000444. The maximum absolute atomic E-state index is 12.8. The van der Waals surface area contributed by atoms with Crippen molar-refractivity contribution < 1.29 is 23.1 Å². The first kappa shape index (κ1) is 9.76. The van der Waals surface area contributed by atoms with Crippen LogP contribution in [0.4, 0.5) is 8.78 Å². The van der Waals surface area contributed by atoms with Gasteiger partial charge in [-0.2, -0.15) is 0 Å². The van der Waals surface area contributed by atoms with Gasteiger partial charge in [0.05, 0.1) is 0 Å². The van der Waals surface area contributed by atoms with E-state index in [1.165, 1.54) is 0 Å². The zero-order valence-electron chi connectivity index (χ0n) is 7.50. The Morgan fingerprint density at radius 1 is 1.13 bits per heavy atom. The van der Waals surface area contributed by atoms with Gasteiger partial charge in [-0.3, -0.25) is 9.59 Å². The standard InChI is InChI=1S/C10H6F2O3/c11-6-1-5(2-7(12)3-6)9-8(13)4-15-10(9)14/h1-3,9H,4H2. The van der Waals surface area contributed by atoms with E-state index in [9.17, 15) is 18.4 Å². The van der Waals surface area contributed by atoms with Crippen molar-refractivity contribution in [2.24, 2.45) is 0 Å². The third-order valence-electron chi connectivity index (χ3n) is 2.13. The fourth-order valence-electron chi connectivity index (χ4n) is 1.50. The van der Waals surface area contributed by atoms with Crippen LogP contribution in [0.5, 0.6) is 0 Å². The van der Waals surface area contributed by atoms with Crippen molar-refractivity contribution in [1.82, 2.24) is 0 Å². The summed E-state index contributed by atoms with van der Waals surface area (Å²) in [4.78, 5) is 22.3. The first-order valence-electron chi connectivity index (χ1n) is 4.23. The Bertz CT molecular complexity index is 406. The highest BCUT2D eigenvalue weighted by molar-refractivity contribution is 6.09. The van der Waals surface area contributed by atoms with Crippen LogP contribution < -0.4 is 0 Å². The average Bonchev–Trinajstić information content (AvgIpc) is 2.44. The minimum atomic E-state index is -1.19. The van der Waals surface area contributed by atoms with Gasteiger partial charge < -0.3 is 4.74 Å². The van der Waals surface area contributed by atoms with Gasteiger partial charge in [0.2, 0.25) is 0 Å². The summed E-state index contributed by atoms with van der Waals surface area (Å²) in [6, 6.07) is 2.59. The molecule has 1 heterocycles. The predicted octanol–water partition coefficient (Wildman–Crippen LogP) is 1.17. The molecule has 0 bridgehead atoms. The number of benzene rings is 1.